The van der Waals surface area contributed by atoms with Crippen LogP contribution in [0.3, 0.4) is 0 Å². The van der Waals surface area contributed by atoms with E-state index in [-0.39, 0.29) is 11.7 Å². The number of halogens is 1. The van der Waals surface area contributed by atoms with Crippen LogP contribution in [-0.4, -0.2) is 39.7 Å². The first-order valence-corrected chi connectivity index (χ1v) is 8.47. The van der Waals surface area contributed by atoms with Crippen molar-refractivity contribution in [1.29, 1.82) is 0 Å². The number of benzene rings is 1. The second-order valence-corrected chi connectivity index (χ2v) is 6.23. The van der Waals surface area contributed by atoms with E-state index in [1.54, 1.807) is 18.3 Å². The van der Waals surface area contributed by atoms with Gasteiger partial charge in [-0.05, 0) is 56.1 Å². The van der Waals surface area contributed by atoms with Crippen molar-refractivity contribution in [3.05, 3.63) is 48.5 Å². The Balaban J connectivity index is 1.52. The Morgan fingerprint density at radius 1 is 1.29 bits per heavy atom. The zero-order valence-corrected chi connectivity index (χ0v) is 13.7. The van der Waals surface area contributed by atoms with Gasteiger partial charge in [-0.25, -0.2) is 4.39 Å². The minimum Gasteiger partial charge on any atom is -0.325 e. The summed E-state index contributed by atoms with van der Waals surface area (Å²) in [7, 11) is 0. The molecule has 24 heavy (non-hydrogen) atoms. The molecule has 1 aromatic carbocycles. The minimum absolute atomic E-state index is 0.0485. The van der Waals surface area contributed by atoms with Crippen LogP contribution in [0.1, 0.15) is 25.7 Å². The average Bonchev–Trinajstić information content (AvgIpc) is 3.10. The number of hydrogen-bond donors (Lipinski definition) is 1. The second kappa shape index (κ2) is 8.06. The molecule has 1 amide bonds. The molecule has 1 aromatic heterocycles. The van der Waals surface area contributed by atoms with Gasteiger partial charge in [-0.15, -0.1) is 0 Å². The highest BCUT2D eigenvalue weighted by Crippen LogP contribution is 2.20. The van der Waals surface area contributed by atoms with E-state index in [4.69, 9.17) is 0 Å². The molecule has 0 saturated carbocycles. The number of nitrogens with zero attached hydrogens (tertiary/aromatic N) is 3. The van der Waals surface area contributed by atoms with E-state index in [1.165, 1.54) is 18.6 Å². The summed E-state index contributed by atoms with van der Waals surface area (Å²) in [6.07, 6.45) is 8.20. The number of aryl methyl sites for hydroxylation is 1. The van der Waals surface area contributed by atoms with Gasteiger partial charge in [-0.3, -0.25) is 14.4 Å². The molecule has 1 atom stereocenters. The highest BCUT2D eigenvalue weighted by atomic mass is 19.1. The minimum atomic E-state index is -0.303. The molecule has 2 heterocycles. The van der Waals surface area contributed by atoms with Crippen LogP contribution in [0.2, 0.25) is 0 Å². The van der Waals surface area contributed by atoms with Crippen molar-refractivity contribution >= 4 is 11.6 Å². The van der Waals surface area contributed by atoms with E-state index >= 15 is 0 Å². The highest BCUT2D eigenvalue weighted by Gasteiger charge is 2.24. The Labute approximate surface area is 141 Å². The lowest BCUT2D eigenvalue weighted by Crippen LogP contribution is -2.44. The molecule has 1 fully saturated rings. The second-order valence-electron chi connectivity index (χ2n) is 6.23. The number of rotatable bonds is 6. The summed E-state index contributed by atoms with van der Waals surface area (Å²) in [5.41, 5.74) is 0.631. The molecule has 1 aliphatic heterocycles. The Morgan fingerprint density at radius 2 is 2.12 bits per heavy atom. The molecule has 1 aliphatic rings. The number of carbonyl (C=O) groups is 1. The zero-order valence-electron chi connectivity index (χ0n) is 13.7. The maximum absolute atomic E-state index is 12.9. The number of aromatic nitrogens is 2. The monoisotopic (exact) mass is 330 g/mol. The maximum atomic E-state index is 12.9. The number of hydrogen-bond acceptors (Lipinski definition) is 3. The van der Waals surface area contributed by atoms with Gasteiger partial charge in [0, 0.05) is 30.7 Å². The summed E-state index contributed by atoms with van der Waals surface area (Å²) in [5, 5.41) is 7.08. The molecule has 2 aromatic rings. The first kappa shape index (κ1) is 16.6. The molecule has 1 saturated heterocycles. The lowest BCUT2D eigenvalue weighted by atomic mass is 9.99. The lowest BCUT2D eigenvalue weighted by molar-refractivity contribution is -0.118. The van der Waals surface area contributed by atoms with E-state index in [0.29, 0.717) is 18.3 Å². The molecule has 5 nitrogen and oxygen atoms in total. The van der Waals surface area contributed by atoms with Gasteiger partial charge in [0.05, 0.1) is 6.54 Å². The van der Waals surface area contributed by atoms with Gasteiger partial charge in [-0.1, -0.05) is 6.42 Å². The van der Waals surface area contributed by atoms with Crippen LogP contribution in [0, 0.1) is 5.82 Å². The van der Waals surface area contributed by atoms with Gasteiger partial charge in [0.1, 0.15) is 5.82 Å². The van der Waals surface area contributed by atoms with E-state index in [1.807, 2.05) is 16.9 Å². The van der Waals surface area contributed by atoms with Crippen molar-refractivity contribution in [1.82, 2.24) is 14.7 Å². The van der Waals surface area contributed by atoms with Crippen LogP contribution < -0.4 is 5.32 Å². The van der Waals surface area contributed by atoms with E-state index in [0.717, 1.165) is 32.4 Å². The van der Waals surface area contributed by atoms with Crippen LogP contribution in [-0.2, 0) is 11.3 Å². The third-order valence-electron chi connectivity index (χ3n) is 4.47. The number of nitrogens with one attached hydrogen (secondary N) is 1. The first-order chi connectivity index (χ1) is 11.7. The van der Waals surface area contributed by atoms with Gasteiger partial charge in [0.15, 0.2) is 0 Å². The lowest BCUT2D eigenvalue weighted by Gasteiger charge is -2.35. The normalized spacial score (nSPS) is 18.5. The molecule has 128 valence electrons. The number of likely N-dealkylation sites (tertiary alicyclic amines) is 1. The summed E-state index contributed by atoms with van der Waals surface area (Å²) < 4.78 is 14.9. The molecule has 0 aliphatic carbocycles. The van der Waals surface area contributed by atoms with Gasteiger partial charge >= 0.3 is 0 Å². The van der Waals surface area contributed by atoms with Crippen molar-refractivity contribution in [3.8, 4) is 0 Å². The summed E-state index contributed by atoms with van der Waals surface area (Å²) in [4.78, 5) is 14.5. The molecule has 0 bridgehead atoms. The SMILES string of the molecule is O=C(CN1CCCCC1CCn1cccn1)Nc1ccc(F)cc1. The maximum Gasteiger partial charge on any atom is 0.238 e. The van der Waals surface area contributed by atoms with E-state index in [2.05, 4.69) is 15.3 Å². The third kappa shape index (κ3) is 4.64. The number of amides is 1. The Bertz CT molecular complexity index is 642. The largest absolute Gasteiger partial charge is 0.325 e. The van der Waals surface area contributed by atoms with E-state index in [9.17, 15) is 9.18 Å². The van der Waals surface area contributed by atoms with Crippen LogP contribution in [0.5, 0.6) is 0 Å². The van der Waals surface area contributed by atoms with Crippen LogP contribution in [0.15, 0.2) is 42.7 Å². The van der Waals surface area contributed by atoms with Gasteiger partial charge in [0.25, 0.3) is 0 Å². The fourth-order valence-electron chi connectivity index (χ4n) is 3.23. The van der Waals surface area contributed by atoms with E-state index < -0.39 is 0 Å². The first-order valence-electron chi connectivity index (χ1n) is 8.47. The summed E-state index contributed by atoms with van der Waals surface area (Å²) >= 11 is 0. The van der Waals surface area contributed by atoms with Crippen LogP contribution in [0.25, 0.3) is 0 Å². The quantitative estimate of drug-likeness (QED) is 0.886. The molecular weight excluding hydrogens is 307 g/mol. The fourth-order valence-corrected chi connectivity index (χ4v) is 3.23. The van der Waals surface area contributed by atoms with Crippen molar-refractivity contribution in [2.24, 2.45) is 0 Å². The van der Waals surface area contributed by atoms with Crippen LogP contribution in [0.4, 0.5) is 10.1 Å². The predicted molar refractivity (Wildman–Crippen MR) is 91.1 cm³/mol. The van der Waals surface area contributed by atoms with Crippen molar-refractivity contribution in [2.75, 3.05) is 18.4 Å². The summed E-state index contributed by atoms with van der Waals surface area (Å²) in [6, 6.07) is 8.20. The molecule has 3 rings (SSSR count). The predicted octanol–water partition coefficient (Wildman–Crippen LogP) is 2.91. The topological polar surface area (TPSA) is 50.2 Å². The third-order valence-corrected chi connectivity index (χ3v) is 4.47. The molecule has 0 radical (unpaired) electrons. The molecule has 0 spiro atoms. The molecule has 1 unspecified atom stereocenters. The average molecular weight is 330 g/mol. The molecular formula is C18H23FN4O. The zero-order chi connectivity index (χ0) is 16.8. The highest BCUT2D eigenvalue weighted by molar-refractivity contribution is 5.92. The molecule has 1 N–H and O–H groups in total. The number of anilines is 1. The molecule has 6 heteroatoms. The van der Waals surface area contributed by atoms with Crippen molar-refractivity contribution in [2.45, 2.75) is 38.3 Å². The Kier molecular flexibility index (Phi) is 5.59. The number of piperidine rings is 1. The van der Waals surface area contributed by atoms with Crippen molar-refractivity contribution < 1.29 is 9.18 Å². The fraction of sp³-hybridized carbons (Fsp3) is 0.444. The van der Waals surface area contributed by atoms with Gasteiger partial charge in [-0.2, -0.15) is 5.10 Å². The van der Waals surface area contributed by atoms with Crippen LogP contribution >= 0.6 is 0 Å². The summed E-state index contributed by atoms with van der Waals surface area (Å²) in [5.74, 6) is -0.352. The van der Waals surface area contributed by atoms with Crippen molar-refractivity contribution in [3.63, 3.8) is 0 Å². The standard InChI is InChI=1S/C18H23FN4O/c19-15-5-7-16(8-6-15)21-18(24)14-22-11-2-1-4-17(22)9-13-23-12-3-10-20-23/h3,5-8,10,12,17H,1-2,4,9,11,13-14H2,(H,21,24). The number of carbonyl (C=O) groups excluding carboxylic acids is 1. The van der Waals surface area contributed by atoms with Gasteiger partial charge < -0.3 is 5.32 Å². The summed E-state index contributed by atoms with van der Waals surface area (Å²) in [6.45, 7) is 2.19. The smallest absolute Gasteiger partial charge is 0.238 e. The Morgan fingerprint density at radius 3 is 2.88 bits per heavy atom. The van der Waals surface area contributed by atoms with Gasteiger partial charge in [0.2, 0.25) is 5.91 Å². The Hall–Kier alpha value is -2.21.